The lowest BCUT2D eigenvalue weighted by molar-refractivity contribution is 1.02. The van der Waals surface area contributed by atoms with Crippen LogP contribution in [-0.2, 0) is 6.54 Å². The van der Waals surface area contributed by atoms with Crippen molar-refractivity contribution in [3.8, 4) is 0 Å². The Bertz CT molecular complexity index is 282. The SMILES string of the molecule is Cc1ccc(CN)c(=S)[nH]1.Cl. The third kappa shape index (κ3) is 2.61. The third-order valence-electron chi connectivity index (χ3n) is 1.36. The molecule has 0 aliphatic carbocycles. The number of nitrogens with two attached hydrogens (primary N) is 1. The Labute approximate surface area is 77.2 Å². The highest BCUT2D eigenvalue weighted by atomic mass is 35.5. The van der Waals surface area contributed by atoms with Gasteiger partial charge in [-0.3, -0.25) is 0 Å². The molecule has 0 unspecified atom stereocenters. The second-order valence-electron chi connectivity index (χ2n) is 2.20. The van der Waals surface area contributed by atoms with Crippen LogP contribution < -0.4 is 5.73 Å². The second kappa shape index (κ2) is 4.49. The number of pyridine rings is 1. The van der Waals surface area contributed by atoms with Crippen LogP contribution >= 0.6 is 24.6 Å². The third-order valence-corrected chi connectivity index (χ3v) is 1.72. The van der Waals surface area contributed by atoms with Gasteiger partial charge in [-0.1, -0.05) is 18.3 Å². The Morgan fingerprint density at radius 1 is 1.55 bits per heavy atom. The highest BCUT2D eigenvalue weighted by molar-refractivity contribution is 7.71. The minimum Gasteiger partial charge on any atom is -0.350 e. The van der Waals surface area contributed by atoms with Crippen molar-refractivity contribution in [3.63, 3.8) is 0 Å². The molecule has 4 heteroatoms. The molecule has 0 bridgehead atoms. The summed E-state index contributed by atoms with van der Waals surface area (Å²) >= 11 is 5.00. The topological polar surface area (TPSA) is 41.8 Å². The predicted molar refractivity (Wildman–Crippen MR) is 51.5 cm³/mol. The summed E-state index contributed by atoms with van der Waals surface area (Å²) in [6, 6.07) is 3.92. The van der Waals surface area contributed by atoms with Gasteiger partial charge < -0.3 is 10.7 Å². The molecular weight excluding hydrogens is 180 g/mol. The second-order valence-corrected chi connectivity index (χ2v) is 2.61. The quantitative estimate of drug-likeness (QED) is 0.665. The summed E-state index contributed by atoms with van der Waals surface area (Å²) in [5, 5.41) is 0. The lowest BCUT2D eigenvalue weighted by Crippen LogP contribution is -1.98. The van der Waals surface area contributed by atoms with Gasteiger partial charge in [0.05, 0.1) is 0 Å². The molecule has 0 radical (unpaired) electrons. The van der Waals surface area contributed by atoms with Gasteiger partial charge in [0.15, 0.2) is 0 Å². The average Bonchev–Trinajstić information content (AvgIpc) is 1.88. The number of aromatic nitrogens is 1. The van der Waals surface area contributed by atoms with Gasteiger partial charge in [0.25, 0.3) is 0 Å². The van der Waals surface area contributed by atoms with Crippen molar-refractivity contribution < 1.29 is 0 Å². The van der Waals surface area contributed by atoms with Crippen molar-refractivity contribution in [2.75, 3.05) is 0 Å². The zero-order valence-electron chi connectivity index (χ0n) is 6.26. The summed E-state index contributed by atoms with van der Waals surface area (Å²) in [5.74, 6) is 0. The van der Waals surface area contributed by atoms with Gasteiger partial charge in [-0.2, -0.15) is 0 Å². The molecule has 3 N–H and O–H groups in total. The molecule has 0 fully saturated rings. The number of hydrogen-bond donors (Lipinski definition) is 2. The molecule has 1 aromatic rings. The van der Waals surface area contributed by atoms with Crippen LogP contribution in [-0.4, -0.2) is 4.98 Å². The first-order valence-electron chi connectivity index (χ1n) is 3.13. The van der Waals surface area contributed by atoms with Gasteiger partial charge in [0, 0.05) is 17.8 Å². The van der Waals surface area contributed by atoms with Gasteiger partial charge in [0.1, 0.15) is 4.64 Å². The summed E-state index contributed by atoms with van der Waals surface area (Å²) in [6.45, 7) is 2.48. The van der Waals surface area contributed by atoms with Gasteiger partial charge in [0.2, 0.25) is 0 Å². The maximum absolute atomic E-state index is 5.41. The highest BCUT2D eigenvalue weighted by Gasteiger charge is 1.90. The molecule has 62 valence electrons. The molecule has 1 aromatic heterocycles. The Morgan fingerprint density at radius 3 is 2.64 bits per heavy atom. The fourth-order valence-corrected chi connectivity index (χ4v) is 1.08. The fourth-order valence-electron chi connectivity index (χ4n) is 0.763. The summed E-state index contributed by atoms with van der Waals surface area (Å²) < 4.78 is 0.752. The van der Waals surface area contributed by atoms with E-state index < -0.39 is 0 Å². The minimum atomic E-state index is 0. The van der Waals surface area contributed by atoms with E-state index in [1.165, 1.54) is 0 Å². The lowest BCUT2D eigenvalue weighted by atomic mass is 10.2. The van der Waals surface area contributed by atoms with E-state index in [1.807, 2.05) is 19.1 Å². The normalized spacial score (nSPS) is 8.91. The standard InChI is InChI=1S/C7H10N2S.ClH/c1-5-2-3-6(4-8)7(10)9-5;/h2-3H,4,8H2,1H3,(H,9,10);1H. The number of aromatic amines is 1. The van der Waals surface area contributed by atoms with Crippen molar-refractivity contribution in [1.82, 2.24) is 4.98 Å². The smallest absolute Gasteiger partial charge is 0.107 e. The fraction of sp³-hybridized carbons (Fsp3) is 0.286. The molecular formula is C7H11ClN2S. The van der Waals surface area contributed by atoms with Crippen molar-refractivity contribution in [2.24, 2.45) is 5.73 Å². The van der Waals surface area contributed by atoms with Crippen LogP contribution in [0.3, 0.4) is 0 Å². The zero-order valence-corrected chi connectivity index (χ0v) is 7.89. The van der Waals surface area contributed by atoms with Gasteiger partial charge in [-0.25, -0.2) is 0 Å². The van der Waals surface area contributed by atoms with Crippen LogP contribution in [0.4, 0.5) is 0 Å². The van der Waals surface area contributed by atoms with Crippen LogP contribution in [0.5, 0.6) is 0 Å². The van der Waals surface area contributed by atoms with E-state index in [0.717, 1.165) is 15.9 Å². The minimum absolute atomic E-state index is 0. The van der Waals surface area contributed by atoms with Crippen LogP contribution in [0.15, 0.2) is 12.1 Å². The van der Waals surface area contributed by atoms with E-state index in [4.69, 9.17) is 18.0 Å². The van der Waals surface area contributed by atoms with E-state index in [2.05, 4.69) is 4.98 Å². The van der Waals surface area contributed by atoms with Gasteiger partial charge in [-0.15, -0.1) is 12.4 Å². The monoisotopic (exact) mass is 190 g/mol. The molecule has 0 atom stereocenters. The lowest BCUT2D eigenvalue weighted by Gasteiger charge is -1.97. The van der Waals surface area contributed by atoms with Crippen LogP contribution in [0.1, 0.15) is 11.3 Å². The highest BCUT2D eigenvalue weighted by Crippen LogP contribution is 2.00. The van der Waals surface area contributed by atoms with Crippen LogP contribution in [0.25, 0.3) is 0 Å². The number of rotatable bonds is 1. The number of halogens is 1. The van der Waals surface area contributed by atoms with E-state index in [0.29, 0.717) is 6.54 Å². The molecule has 11 heavy (non-hydrogen) atoms. The summed E-state index contributed by atoms with van der Waals surface area (Å²) in [7, 11) is 0. The first kappa shape index (κ1) is 10.6. The van der Waals surface area contributed by atoms with Crippen molar-refractivity contribution in [1.29, 1.82) is 0 Å². The van der Waals surface area contributed by atoms with E-state index >= 15 is 0 Å². The molecule has 2 nitrogen and oxygen atoms in total. The maximum atomic E-state index is 5.41. The predicted octanol–water partition coefficient (Wildman–Crippen LogP) is 1.93. The molecule has 1 heterocycles. The molecule has 0 aliphatic rings. The van der Waals surface area contributed by atoms with E-state index in [9.17, 15) is 0 Å². The number of hydrogen-bond acceptors (Lipinski definition) is 2. The molecule has 0 saturated heterocycles. The number of aryl methyl sites for hydroxylation is 1. The van der Waals surface area contributed by atoms with Crippen LogP contribution in [0.2, 0.25) is 0 Å². The van der Waals surface area contributed by atoms with Crippen LogP contribution in [0, 0.1) is 11.6 Å². The molecule has 1 rings (SSSR count). The molecule has 0 spiro atoms. The Hall–Kier alpha value is -0.380. The first-order valence-corrected chi connectivity index (χ1v) is 3.53. The molecule has 0 aliphatic heterocycles. The summed E-state index contributed by atoms with van der Waals surface area (Å²) in [5.41, 5.74) is 7.49. The number of nitrogens with one attached hydrogen (secondary N) is 1. The Kier molecular flexibility index (Phi) is 4.33. The van der Waals surface area contributed by atoms with E-state index in [-0.39, 0.29) is 12.4 Å². The Morgan fingerprint density at radius 2 is 2.18 bits per heavy atom. The largest absolute Gasteiger partial charge is 0.350 e. The van der Waals surface area contributed by atoms with Crippen molar-refractivity contribution >= 4 is 24.6 Å². The summed E-state index contributed by atoms with van der Waals surface area (Å²) in [4.78, 5) is 3.02. The molecule has 0 aromatic carbocycles. The molecule has 0 saturated carbocycles. The zero-order chi connectivity index (χ0) is 7.56. The van der Waals surface area contributed by atoms with E-state index in [1.54, 1.807) is 0 Å². The van der Waals surface area contributed by atoms with Crippen molar-refractivity contribution in [2.45, 2.75) is 13.5 Å². The first-order chi connectivity index (χ1) is 4.74. The maximum Gasteiger partial charge on any atom is 0.107 e. The van der Waals surface area contributed by atoms with Gasteiger partial charge >= 0.3 is 0 Å². The summed E-state index contributed by atoms with van der Waals surface area (Å²) in [6.07, 6.45) is 0. The Balaban J connectivity index is 0.000001000. The van der Waals surface area contributed by atoms with Crippen molar-refractivity contribution in [3.05, 3.63) is 28.0 Å². The van der Waals surface area contributed by atoms with Gasteiger partial charge in [-0.05, 0) is 13.0 Å². The number of H-pyrrole nitrogens is 1. The molecule has 0 amide bonds. The average molecular weight is 191 g/mol.